The van der Waals surface area contributed by atoms with Crippen LogP contribution in [0.15, 0.2) is 36.4 Å². The van der Waals surface area contributed by atoms with E-state index in [1.54, 1.807) is 13.2 Å². The van der Waals surface area contributed by atoms with Crippen molar-refractivity contribution in [3.8, 4) is 5.75 Å². The molecule has 0 N–H and O–H groups in total. The van der Waals surface area contributed by atoms with Crippen LogP contribution in [0.3, 0.4) is 0 Å². The molecular formula is C20H24O6. The SMILES string of the molecule is COCCCOc1cc(C(=O)OCCCC(=O)OC)c2ccccc2c1. The number of esters is 2. The van der Waals surface area contributed by atoms with Gasteiger partial charge in [0.2, 0.25) is 0 Å². The van der Waals surface area contributed by atoms with Gasteiger partial charge in [-0.15, -0.1) is 0 Å². The van der Waals surface area contributed by atoms with Crippen molar-refractivity contribution in [2.24, 2.45) is 0 Å². The van der Waals surface area contributed by atoms with Crippen molar-refractivity contribution in [3.63, 3.8) is 0 Å². The second-order valence-corrected chi connectivity index (χ2v) is 5.70. The van der Waals surface area contributed by atoms with Gasteiger partial charge in [-0.3, -0.25) is 4.79 Å². The molecule has 2 aromatic carbocycles. The van der Waals surface area contributed by atoms with Crippen LogP contribution in [-0.4, -0.2) is 46.0 Å². The molecule has 6 heteroatoms. The third kappa shape index (κ3) is 5.74. The molecule has 2 rings (SSSR count). The van der Waals surface area contributed by atoms with E-state index in [9.17, 15) is 9.59 Å². The average Bonchev–Trinajstić information content (AvgIpc) is 2.67. The second-order valence-electron chi connectivity index (χ2n) is 5.70. The first-order valence-electron chi connectivity index (χ1n) is 8.54. The zero-order chi connectivity index (χ0) is 18.8. The number of methoxy groups -OCH3 is 2. The van der Waals surface area contributed by atoms with Gasteiger partial charge in [0.1, 0.15) is 5.75 Å². The molecule has 0 unspecified atom stereocenters. The first-order chi connectivity index (χ1) is 12.7. The van der Waals surface area contributed by atoms with Crippen molar-refractivity contribution >= 4 is 22.7 Å². The van der Waals surface area contributed by atoms with Crippen molar-refractivity contribution in [1.29, 1.82) is 0 Å². The van der Waals surface area contributed by atoms with Gasteiger partial charge in [0.25, 0.3) is 0 Å². The van der Waals surface area contributed by atoms with E-state index in [1.807, 2.05) is 30.3 Å². The first kappa shape index (κ1) is 19.7. The molecule has 0 amide bonds. The number of carbonyl (C=O) groups excluding carboxylic acids is 2. The molecule has 0 fully saturated rings. The molecule has 0 bridgehead atoms. The van der Waals surface area contributed by atoms with E-state index in [-0.39, 0.29) is 19.0 Å². The smallest absolute Gasteiger partial charge is 0.338 e. The Morgan fingerprint density at radius 1 is 0.962 bits per heavy atom. The van der Waals surface area contributed by atoms with Gasteiger partial charge in [0, 0.05) is 26.6 Å². The highest BCUT2D eigenvalue weighted by Crippen LogP contribution is 2.26. The summed E-state index contributed by atoms with van der Waals surface area (Å²) in [6, 6.07) is 11.2. The summed E-state index contributed by atoms with van der Waals surface area (Å²) in [5, 5.41) is 1.70. The monoisotopic (exact) mass is 360 g/mol. The molecule has 0 aliphatic rings. The standard InChI is InChI=1S/C20H24O6/c1-23-10-6-12-25-16-13-15-7-3-4-8-17(15)18(14-16)20(22)26-11-5-9-19(21)24-2/h3-4,7-8,13-14H,5-6,9-12H2,1-2H3. The van der Waals surface area contributed by atoms with Gasteiger partial charge in [-0.05, 0) is 29.3 Å². The van der Waals surface area contributed by atoms with E-state index in [0.717, 1.165) is 17.2 Å². The highest BCUT2D eigenvalue weighted by Gasteiger charge is 2.14. The molecule has 0 radical (unpaired) electrons. The molecule has 0 aliphatic heterocycles. The fourth-order valence-corrected chi connectivity index (χ4v) is 2.49. The van der Waals surface area contributed by atoms with Gasteiger partial charge in [0.05, 0.1) is 25.9 Å². The quantitative estimate of drug-likeness (QED) is 0.478. The Bertz CT molecular complexity index is 740. The Balaban J connectivity index is 2.08. The molecule has 0 heterocycles. The van der Waals surface area contributed by atoms with Crippen LogP contribution in [0, 0.1) is 0 Å². The Morgan fingerprint density at radius 2 is 1.77 bits per heavy atom. The van der Waals surface area contributed by atoms with Gasteiger partial charge in [-0.1, -0.05) is 24.3 Å². The molecule has 6 nitrogen and oxygen atoms in total. The summed E-state index contributed by atoms with van der Waals surface area (Å²) in [4.78, 5) is 23.6. The third-order valence-electron chi connectivity index (χ3n) is 3.80. The molecule has 0 aliphatic carbocycles. The minimum absolute atomic E-state index is 0.154. The Hall–Kier alpha value is -2.60. The van der Waals surface area contributed by atoms with Crippen molar-refractivity contribution in [3.05, 3.63) is 42.0 Å². The molecule has 26 heavy (non-hydrogen) atoms. The van der Waals surface area contributed by atoms with Gasteiger partial charge in [-0.25, -0.2) is 4.79 Å². The summed E-state index contributed by atoms with van der Waals surface area (Å²) in [5.74, 6) is -0.146. The van der Waals surface area contributed by atoms with Crippen molar-refractivity contribution in [1.82, 2.24) is 0 Å². The Labute approximate surface area is 153 Å². The maximum atomic E-state index is 12.5. The lowest BCUT2D eigenvalue weighted by molar-refractivity contribution is -0.140. The zero-order valence-corrected chi connectivity index (χ0v) is 15.2. The normalized spacial score (nSPS) is 10.5. The third-order valence-corrected chi connectivity index (χ3v) is 3.80. The zero-order valence-electron chi connectivity index (χ0n) is 15.2. The predicted octanol–water partition coefficient (Wildman–Crippen LogP) is 3.37. The lowest BCUT2D eigenvalue weighted by Gasteiger charge is -2.11. The van der Waals surface area contributed by atoms with Crippen molar-refractivity contribution in [2.75, 3.05) is 34.0 Å². The fraction of sp³-hybridized carbons (Fsp3) is 0.400. The predicted molar refractivity (Wildman–Crippen MR) is 97.5 cm³/mol. The van der Waals surface area contributed by atoms with Gasteiger partial charge in [-0.2, -0.15) is 0 Å². The molecule has 0 spiro atoms. The fourth-order valence-electron chi connectivity index (χ4n) is 2.49. The topological polar surface area (TPSA) is 71.1 Å². The number of carbonyl (C=O) groups is 2. The Morgan fingerprint density at radius 3 is 2.54 bits per heavy atom. The van der Waals surface area contributed by atoms with Gasteiger partial charge in [0.15, 0.2) is 0 Å². The highest BCUT2D eigenvalue weighted by atomic mass is 16.5. The first-order valence-corrected chi connectivity index (χ1v) is 8.54. The van der Waals surface area contributed by atoms with Crippen LogP contribution in [0.4, 0.5) is 0 Å². The highest BCUT2D eigenvalue weighted by molar-refractivity contribution is 6.05. The largest absolute Gasteiger partial charge is 0.493 e. The molecule has 0 saturated heterocycles. The van der Waals surface area contributed by atoms with E-state index in [1.165, 1.54) is 7.11 Å². The van der Waals surface area contributed by atoms with Crippen molar-refractivity contribution in [2.45, 2.75) is 19.3 Å². The van der Waals surface area contributed by atoms with Crippen molar-refractivity contribution < 1.29 is 28.5 Å². The second kappa shape index (κ2) is 10.4. The lowest BCUT2D eigenvalue weighted by atomic mass is 10.0. The summed E-state index contributed by atoms with van der Waals surface area (Å²) in [7, 11) is 2.98. The van der Waals surface area contributed by atoms with Crippen LogP contribution in [-0.2, 0) is 19.0 Å². The number of hydrogen-bond donors (Lipinski definition) is 0. The molecule has 140 valence electrons. The minimum Gasteiger partial charge on any atom is -0.493 e. The number of benzene rings is 2. The van der Waals surface area contributed by atoms with Crippen LogP contribution < -0.4 is 4.74 Å². The van der Waals surface area contributed by atoms with Crippen LogP contribution in [0.25, 0.3) is 10.8 Å². The summed E-state index contributed by atoms with van der Waals surface area (Å²) in [6.45, 7) is 1.27. The summed E-state index contributed by atoms with van der Waals surface area (Å²) in [5.41, 5.74) is 0.447. The maximum Gasteiger partial charge on any atom is 0.338 e. The molecular weight excluding hydrogens is 336 g/mol. The van der Waals surface area contributed by atoms with E-state index < -0.39 is 5.97 Å². The van der Waals surface area contributed by atoms with E-state index in [0.29, 0.717) is 30.9 Å². The molecule has 2 aromatic rings. The van der Waals surface area contributed by atoms with Gasteiger partial charge < -0.3 is 18.9 Å². The maximum absolute atomic E-state index is 12.5. The molecule has 0 saturated carbocycles. The van der Waals surface area contributed by atoms with Crippen LogP contribution in [0.1, 0.15) is 29.6 Å². The Kier molecular flexibility index (Phi) is 7.89. The summed E-state index contributed by atoms with van der Waals surface area (Å²) in [6.07, 6.45) is 1.40. The van der Waals surface area contributed by atoms with E-state index in [4.69, 9.17) is 14.2 Å². The minimum atomic E-state index is -0.437. The van der Waals surface area contributed by atoms with E-state index in [2.05, 4.69) is 4.74 Å². The lowest BCUT2D eigenvalue weighted by Crippen LogP contribution is -2.10. The molecule has 0 aromatic heterocycles. The number of hydrogen-bond acceptors (Lipinski definition) is 6. The molecule has 0 atom stereocenters. The van der Waals surface area contributed by atoms with Crippen LogP contribution in [0.2, 0.25) is 0 Å². The number of rotatable bonds is 10. The summed E-state index contributed by atoms with van der Waals surface area (Å²) >= 11 is 0. The average molecular weight is 360 g/mol. The van der Waals surface area contributed by atoms with Crippen LogP contribution >= 0.6 is 0 Å². The van der Waals surface area contributed by atoms with Crippen LogP contribution in [0.5, 0.6) is 5.75 Å². The van der Waals surface area contributed by atoms with Gasteiger partial charge >= 0.3 is 11.9 Å². The summed E-state index contributed by atoms with van der Waals surface area (Å²) < 4.78 is 20.6. The number of ether oxygens (including phenoxy) is 4. The number of fused-ring (bicyclic) bond motifs is 1. The van der Waals surface area contributed by atoms with E-state index >= 15 is 0 Å².